The van der Waals surface area contributed by atoms with Crippen LogP contribution in [0.2, 0.25) is 0 Å². The molecule has 1 aromatic carbocycles. The number of benzene rings is 1. The second-order valence-corrected chi connectivity index (χ2v) is 6.11. The van der Waals surface area contributed by atoms with Crippen molar-refractivity contribution in [3.63, 3.8) is 0 Å². The molecule has 2 unspecified atom stereocenters. The molecule has 1 aromatic rings. The average Bonchev–Trinajstić information content (AvgIpc) is 2.37. The van der Waals surface area contributed by atoms with Crippen LogP contribution in [0.5, 0.6) is 0 Å². The van der Waals surface area contributed by atoms with Gasteiger partial charge in [-0.1, -0.05) is 19.8 Å². The van der Waals surface area contributed by atoms with E-state index < -0.39 is 0 Å². The van der Waals surface area contributed by atoms with Crippen molar-refractivity contribution < 1.29 is 0 Å². The standard InChI is InChI=1S/C16H24N2/c1-12-4-2-6-15(10-12)18-9-3-5-13-11-14(17)7-8-16(13)18/h7-8,11-12,15H,2-6,9-10,17H2,1H3. The Bertz CT molecular complexity index is 427. The summed E-state index contributed by atoms with van der Waals surface area (Å²) < 4.78 is 0. The van der Waals surface area contributed by atoms with Crippen molar-refractivity contribution in [3.8, 4) is 0 Å². The first-order valence-electron chi connectivity index (χ1n) is 7.39. The molecule has 2 heteroatoms. The van der Waals surface area contributed by atoms with Crippen molar-refractivity contribution in [2.24, 2.45) is 5.92 Å². The fourth-order valence-corrected chi connectivity index (χ4v) is 3.71. The minimum absolute atomic E-state index is 0.761. The largest absolute Gasteiger partial charge is 0.399 e. The predicted molar refractivity (Wildman–Crippen MR) is 77.9 cm³/mol. The maximum Gasteiger partial charge on any atom is 0.0402 e. The van der Waals surface area contributed by atoms with E-state index in [1.54, 1.807) is 0 Å². The highest BCUT2D eigenvalue weighted by Crippen LogP contribution is 2.35. The van der Waals surface area contributed by atoms with E-state index >= 15 is 0 Å². The molecule has 1 heterocycles. The minimum atomic E-state index is 0.761. The molecule has 2 atom stereocenters. The number of rotatable bonds is 1. The summed E-state index contributed by atoms with van der Waals surface area (Å²) in [5, 5.41) is 0. The van der Waals surface area contributed by atoms with Gasteiger partial charge in [0.15, 0.2) is 0 Å². The minimum Gasteiger partial charge on any atom is -0.399 e. The summed E-state index contributed by atoms with van der Waals surface area (Å²) in [5.74, 6) is 0.892. The van der Waals surface area contributed by atoms with Gasteiger partial charge >= 0.3 is 0 Å². The SMILES string of the molecule is CC1CCCC(N2CCCc3cc(N)ccc32)C1. The molecule has 0 aromatic heterocycles. The zero-order valence-electron chi connectivity index (χ0n) is 11.4. The number of aryl methyl sites for hydroxylation is 1. The summed E-state index contributed by atoms with van der Waals surface area (Å²) in [7, 11) is 0. The Morgan fingerprint density at radius 3 is 2.94 bits per heavy atom. The molecule has 2 N–H and O–H groups in total. The molecule has 2 aliphatic rings. The highest BCUT2D eigenvalue weighted by molar-refractivity contribution is 5.61. The van der Waals surface area contributed by atoms with E-state index in [-0.39, 0.29) is 0 Å². The fourth-order valence-electron chi connectivity index (χ4n) is 3.71. The van der Waals surface area contributed by atoms with Crippen LogP contribution in [0, 0.1) is 5.92 Å². The van der Waals surface area contributed by atoms with Crippen LogP contribution in [0.3, 0.4) is 0 Å². The fraction of sp³-hybridized carbons (Fsp3) is 0.625. The van der Waals surface area contributed by atoms with E-state index in [9.17, 15) is 0 Å². The molecule has 1 aliphatic heterocycles. The van der Waals surface area contributed by atoms with Gasteiger partial charge in [0.25, 0.3) is 0 Å². The van der Waals surface area contributed by atoms with Crippen molar-refractivity contribution >= 4 is 11.4 Å². The average molecular weight is 244 g/mol. The topological polar surface area (TPSA) is 29.3 Å². The molecule has 0 radical (unpaired) electrons. The van der Waals surface area contributed by atoms with E-state index in [2.05, 4.69) is 30.0 Å². The molecule has 0 saturated heterocycles. The summed E-state index contributed by atoms with van der Waals surface area (Å²) in [6.45, 7) is 3.63. The number of hydrogen-bond donors (Lipinski definition) is 1. The van der Waals surface area contributed by atoms with E-state index in [1.165, 1.54) is 56.3 Å². The van der Waals surface area contributed by atoms with E-state index in [0.29, 0.717) is 0 Å². The van der Waals surface area contributed by atoms with Gasteiger partial charge < -0.3 is 10.6 Å². The maximum atomic E-state index is 5.91. The van der Waals surface area contributed by atoms with Gasteiger partial charge in [-0.05, 0) is 55.4 Å². The third-order valence-electron chi connectivity index (χ3n) is 4.61. The third kappa shape index (κ3) is 2.21. The Kier molecular flexibility index (Phi) is 3.19. The van der Waals surface area contributed by atoms with E-state index in [4.69, 9.17) is 5.73 Å². The Balaban J connectivity index is 1.86. The summed E-state index contributed by atoms with van der Waals surface area (Å²) in [4.78, 5) is 2.66. The Labute approximate surface area is 110 Å². The molecule has 0 amide bonds. The highest BCUT2D eigenvalue weighted by Gasteiger charge is 2.27. The van der Waals surface area contributed by atoms with Gasteiger partial charge in [-0.15, -0.1) is 0 Å². The van der Waals surface area contributed by atoms with E-state index in [1.807, 2.05) is 0 Å². The molecule has 0 bridgehead atoms. The van der Waals surface area contributed by atoms with Crippen LogP contribution in [0.25, 0.3) is 0 Å². The summed E-state index contributed by atoms with van der Waals surface area (Å²) in [5.41, 5.74) is 9.73. The predicted octanol–water partition coefficient (Wildman–Crippen LogP) is 3.60. The van der Waals surface area contributed by atoms with Gasteiger partial charge in [0.2, 0.25) is 0 Å². The van der Waals surface area contributed by atoms with Gasteiger partial charge in [0, 0.05) is 24.0 Å². The monoisotopic (exact) mass is 244 g/mol. The molecule has 98 valence electrons. The van der Waals surface area contributed by atoms with Crippen LogP contribution >= 0.6 is 0 Å². The van der Waals surface area contributed by atoms with Gasteiger partial charge in [-0.2, -0.15) is 0 Å². The molecule has 18 heavy (non-hydrogen) atoms. The summed E-state index contributed by atoms with van der Waals surface area (Å²) in [6, 6.07) is 7.23. The van der Waals surface area contributed by atoms with Gasteiger partial charge in [-0.3, -0.25) is 0 Å². The number of hydrogen-bond acceptors (Lipinski definition) is 2. The second kappa shape index (κ2) is 4.83. The lowest BCUT2D eigenvalue weighted by Gasteiger charge is -2.41. The Morgan fingerprint density at radius 2 is 2.11 bits per heavy atom. The zero-order chi connectivity index (χ0) is 12.5. The molecule has 3 rings (SSSR count). The number of anilines is 2. The summed E-state index contributed by atoms with van der Waals surface area (Å²) in [6.07, 6.45) is 8.02. The Morgan fingerprint density at radius 1 is 1.22 bits per heavy atom. The molecule has 1 aliphatic carbocycles. The van der Waals surface area contributed by atoms with Crippen LogP contribution in [-0.4, -0.2) is 12.6 Å². The van der Waals surface area contributed by atoms with Crippen molar-refractivity contribution in [1.29, 1.82) is 0 Å². The smallest absolute Gasteiger partial charge is 0.0402 e. The van der Waals surface area contributed by atoms with Gasteiger partial charge in [0.1, 0.15) is 0 Å². The molecule has 2 nitrogen and oxygen atoms in total. The van der Waals surface area contributed by atoms with Gasteiger partial charge in [0.05, 0.1) is 0 Å². The Hall–Kier alpha value is -1.18. The van der Waals surface area contributed by atoms with Gasteiger partial charge in [-0.25, -0.2) is 0 Å². The second-order valence-electron chi connectivity index (χ2n) is 6.11. The van der Waals surface area contributed by atoms with Crippen LogP contribution in [0.1, 0.15) is 44.6 Å². The zero-order valence-corrected chi connectivity index (χ0v) is 11.4. The van der Waals surface area contributed by atoms with Crippen molar-refractivity contribution in [2.45, 2.75) is 51.5 Å². The van der Waals surface area contributed by atoms with Crippen LogP contribution in [-0.2, 0) is 6.42 Å². The molecule has 1 fully saturated rings. The highest BCUT2D eigenvalue weighted by atomic mass is 15.2. The number of nitrogen functional groups attached to an aromatic ring is 1. The molecule has 1 saturated carbocycles. The number of nitrogens with zero attached hydrogens (tertiary/aromatic N) is 1. The van der Waals surface area contributed by atoms with Crippen LogP contribution < -0.4 is 10.6 Å². The number of fused-ring (bicyclic) bond motifs is 1. The summed E-state index contributed by atoms with van der Waals surface area (Å²) >= 11 is 0. The lowest BCUT2D eigenvalue weighted by atomic mass is 9.85. The maximum absolute atomic E-state index is 5.91. The van der Waals surface area contributed by atoms with Crippen molar-refractivity contribution in [2.75, 3.05) is 17.2 Å². The molecular formula is C16H24N2. The van der Waals surface area contributed by atoms with Crippen LogP contribution in [0.4, 0.5) is 11.4 Å². The first kappa shape index (κ1) is 11.9. The number of nitrogens with two attached hydrogens (primary N) is 1. The van der Waals surface area contributed by atoms with Crippen LogP contribution in [0.15, 0.2) is 18.2 Å². The lowest BCUT2D eigenvalue weighted by Crippen LogP contribution is -2.41. The quantitative estimate of drug-likeness (QED) is 0.765. The third-order valence-corrected chi connectivity index (χ3v) is 4.61. The molecule has 0 spiro atoms. The van der Waals surface area contributed by atoms with Crippen molar-refractivity contribution in [1.82, 2.24) is 0 Å². The normalized spacial score (nSPS) is 27.9. The van der Waals surface area contributed by atoms with Crippen molar-refractivity contribution in [3.05, 3.63) is 23.8 Å². The first-order valence-corrected chi connectivity index (χ1v) is 7.39. The van der Waals surface area contributed by atoms with E-state index in [0.717, 1.165) is 17.6 Å². The lowest BCUT2D eigenvalue weighted by molar-refractivity contribution is 0.326. The molecular weight excluding hydrogens is 220 g/mol. The first-order chi connectivity index (χ1) is 8.74.